The molecule has 9 nitrogen and oxygen atoms in total. The number of rotatable bonds is 9. The van der Waals surface area contributed by atoms with Crippen molar-refractivity contribution in [3.63, 3.8) is 0 Å². The van der Waals surface area contributed by atoms with E-state index in [1.54, 1.807) is 24.3 Å². The maximum atomic E-state index is 14.3. The number of ether oxygens (including phenoxy) is 3. The average molecular weight is 582 g/mol. The summed E-state index contributed by atoms with van der Waals surface area (Å²) in [6.45, 7) is 4.17. The number of piperidine rings is 1. The first-order chi connectivity index (χ1) is 21.0. The summed E-state index contributed by atoms with van der Waals surface area (Å²) in [7, 11) is 1.39. The van der Waals surface area contributed by atoms with Crippen molar-refractivity contribution in [3.05, 3.63) is 88.6 Å². The van der Waals surface area contributed by atoms with E-state index in [0.717, 1.165) is 61.6 Å². The molecule has 4 atom stereocenters. The number of aromatic nitrogens is 3. The smallest absolute Gasteiger partial charge is 0.337 e. The van der Waals surface area contributed by atoms with Crippen molar-refractivity contribution < 1.29 is 23.4 Å². The molecule has 0 spiro atoms. The number of benzene rings is 2. The molecular formula is C33H32FN5O4. The van der Waals surface area contributed by atoms with Crippen LogP contribution in [-0.2, 0) is 29.2 Å². The molecule has 1 saturated carbocycles. The van der Waals surface area contributed by atoms with E-state index in [4.69, 9.17) is 29.4 Å². The van der Waals surface area contributed by atoms with Gasteiger partial charge in [0.25, 0.3) is 0 Å². The zero-order chi connectivity index (χ0) is 29.5. The van der Waals surface area contributed by atoms with Gasteiger partial charge in [-0.15, -0.1) is 0 Å². The number of imidazole rings is 1. The average Bonchev–Trinajstić information content (AvgIpc) is 3.42. The molecule has 2 aromatic heterocycles. The largest absolute Gasteiger partial charge is 0.473 e. The van der Waals surface area contributed by atoms with Crippen LogP contribution < -0.4 is 4.74 Å². The number of methoxy groups -OCH3 is 1. The fourth-order valence-electron chi connectivity index (χ4n) is 6.70. The SMILES string of the molecule is COC(=O)c1ccc2nc(CN3C[C@@H]4[C@H](C3)[C@H]4c3cccc(OCc4ccc(C#N)cc4F)n3)n(C[C@@H]3CCCO3)c2c1. The van der Waals surface area contributed by atoms with Crippen molar-refractivity contribution in [1.82, 2.24) is 19.4 Å². The molecule has 0 amide bonds. The van der Waals surface area contributed by atoms with E-state index in [9.17, 15) is 9.18 Å². The molecule has 0 bridgehead atoms. The second kappa shape index (κ2) is 11.4. The Bertz CT molecular complexity index is 1710. The molecule has 2 aliphatic heterocycles. The molecule has 10 heteroatoms. The van der Waals surface area contributed by atoms with Gasteiger partial charge in [0.15, 0.2) is 0 Å². The number of hydrogen-bond acceptors (Lipinski definition) is 8. The van der Waals surface area contributed by atoms with E-state index in [1.165, 1.54) is 13.2 Å². The summed E-state index contributed by atoms with van der Waals surface area (Å²) in [6, 6.07) is 17.6. The lowest BCUT2D eigenvalue weighted by atomic mass is 10.1. The van der Waals surface area contributed by atoms with Crippen molar-refractivity contribution in [2.24, 2.45) is 11.8 Å². The van der Waals surface area contributed by atoms with Crippen LogP contribution >= 0.6 is 0 Å². The molecule has 3 fully saturated rings. The van der Waals surface area contributed by atoms with Gasteiger partial charge in [0.2, 0.25) is 5.88 Å². The Morgan fingerprint density at radius 3 is 2.74 bits per heavy atom. The number of carbonyl (C=O) groups is 1. The standard InChI is InChI=1S/C33H32FN5O4/c1-41-33(40)21-9-10-27-29(13-21)39(15-23-4-3-11-42-23)30(36-27)18-38-16-24-25(17-38)32(24)28-5-2-6-31(37-28)43-19-22-8-7-20(14-35)12-26(22)34/h2,5-10,12-13,23-25,32H,3-4,11,15-19H2,1H3/t23-,24-,25+,32+/m0/s1. The summed E-state index contributed by atoms with van der Waals surface area (Å²) >= 11 is 0. The minimum atomic E-state index is -0.458. The van der Waals surface area contributed by atoms with Gasteiger partial charge < -0.3 is 18.8 Å². The molecule has 2 aromatic carbocycles. The highest BCUT2D eigenvalue weighted by Crippen LogP contribution is 2.58. The first-order valence-corrected chi connectivity index (χ1v) is 14.7. The highest BCUT2D eigenvalue weighted by molar-refractivity contribution is 5.93. The number of pyridine rings is 1. The predicted octanol–water partition coefficient (Wildman–Crippen LogP) is 4.83. The Balaban J connectivity index is 1.02. The van der Waals surface area contributed by atoms with E-state index in [-0.39, 0.29) is 24.2 Å². The van der Waals surface area contributed by atoms with Crippen LogP contribution in [0.5, 0.6) is 5.88 Å². The number of nitriles is 1. The van der Waals surface area contributed by atoms with E-state index in [2.05, 4.69) is 9.47 Å². The van der Waals surface area contributed by atoms with E-state index >= 15 is 0 Å². The quantitative estimate of drug-likeness (QED) is 0.259. The van der Waals surface area contributed by atoms with Gasteiger partial charge in [-0.2, -0.15) is 5.26 Å². The van der Waals surface area contributed by atoms with Crippen molar-refractivity contribution in [3.8, 4) is 11.9 Å². The Morgan fingerprint density at radius 1 is 1.14 bits per heavy atom. The third-order valence-electron chi connectivity index (χ3n) is 8.94. The minimum absolute atomic E-state index is 0.0489. The number of fused-ring (bicyclic) bond motifs is 2. The van der Waals surface area contributed by atoms with Gasteiger partial charge in [0, 0.05) is 42.9 Å². The third-order valence-corrected chi connectivity index (χ3v) is 8.94. The van der Waals surface area contributed by atoms with Crippen LogP contribution in [0.4, 0.5) is 4.39 Å². The molecule has 2 saturated heterocycles. The van der Waals surface area contributed by atoms with Gasteiger partial charge in [-0.1, -0.05) is 12.1 Å². The maximum Gasteiger partial charge on any atom is 0.337 e. The number of esters is 1. The van der Waals surface area contributed by atoms with Crippen LogP contribution in [0.3, 0.4) is 0 Å². The lowest BCUT2D eigenvalue weighted by Crippen LogP contribution is -2.27. The van der Waals surface area contributed by atoms with Crippen LogP contribution in [0.15, 0.2) is 54.6 Å². The summed E-state index contributed by atoms with van der Waals surface area (Å²) in [5, 5.41) is 8.95. The van der Waals surface area contributed by atoms with Gasteiger partial charge in [0.1, 0.15) is 18.2 Å². The molecule has 220 valence electrons. The molecule has 1 aliphatic carbocycles. The molecule has 0 unspecified atom stereocenters. The molecule has 0 N–H and O–H groups in total. The molecular weight excluding hydrogens is 549 g/mol. The van der Waals surface area contributed by atoms with E-state index in [0.29, 0.717) is 41.3 Å². The number of hydrogen-bond donors (Lipinski definition) is 0. The van der Waals surface area contributed by atoms with Crippen LogP contribution in [0, 0.1) is 29.0 Å². The molecule has 7 rings (SSSR count). The zero-order valence-electron chi connectivity index (χ0n) is 23.9. The monoisotopic (exact) mass is 581 g/mol. The van der Waals surface area contributed by atoms with Crippen molar-refractivity contribution >= 4 is 17.0 Å². The number of halogens is 1. The fraction of sp³-hybridized carbons (Fsp3) is 0.394. The Hall–Kier alpha value is -4.33. The minimum Gasteiger partial charge on any atom is -0.473 e. The molecule has 4 aromatic rings. The number of nitrogens with zero attached hydrogens (tertiary/aromatic N) is 5. The zero-order valence-corrected chi connectivity index (χ0v) is 23.9. The van der Waals surface area contributed by atoms with Gasteiger partial charge in [-0.25, -0.2) is 19.2 Å². The lowest BCUT2D eigenvalue weighted by Gasteiger charge is -2.21. The Labute approximate surface area is 248 Å². The number of likely N-dealkylation sites (tertiary alicyclic amines) is 1. The Morgan fingerprint density at radius 2 is 2.00 bits per heavy atom. The van der Waals surface area contributed by atoms with Crippen molar-refractivity contribution in [2.45, 2.75) is 44.6 Å². The van der Waals surface area contributed by atoms with Crippen molar-refractivity contribution in [1.29, 1.82) is 5.26 Å². The third kappa shape index (κ3) is 5.46. The van der Waals surface area contributed by atoms with E-state index < -0.39 is 5.82 Å². The van der Waals surface area contributed by atoms with Crippen LogP contribution in [0.25, 0.3) is 11.0 Å². The fourth-order valence-corrected chi connectivity index (χ4v) is 6.70. The highest BCUT2D eigenvalue weighted by atomic mass is 19.1. The van der Waals surface area contributed by atoms with Gasteiger partial charge in [-0.05, 0) is 61.1 Å². The molecule has 43 heavy (non-hydrogen) atoms. The van der Waals surface area contributed by atoms with E-state index in [1.807, 2.05) is 30.3 Å². The van der Waals surface area contributed by atoms with Gasteiger partial charge >= 0.3 is 5.97 Å². The van der Waals surface area contributed by atoms with Crippen LogP contribution in [-0.4, -0.2) is 58.3 Å². The highest BCUT2D eigenvalue weighted by Gasteiger charge is 2.57. The normalized spacial score (nSPS) is 22.8. The second-order valence-electron chi connectivity index (χ2n) is 11.6. The summed E-state index contributed by atoms with van der Waals surface area (Å²) in [5.41, 5.74) is 3.98. The van der Waals surface area contributed by atoms with Crippen LogP contribution in [0.1, 0.15) is 51.8 Å². The summed E-state index contributed by atoms with van der Waals surface area (Å²) in [5.74, 6) is 2.04. The van der Waals surface area contributed by atoms with Crippen molar-refractivity contribution in [2.75, 3.05) is 26.8 Å². The summed E-state index contributed by atoms with van der Waals surface area (Å²) in [4.78, 5) is 24.4. The molecule has 0 radical (unpaired) electrons. The summed E-state index contributed by atoms with van der Waals surface area (Å²) < 4.78 is 33.2. The van der Waals surface area contributed by atoms with Gasteiger partial charge in [0.05, 0.1) is 54.5 Å². The maximum absolute atomic E-state index is 14.3. The number of carbonyl (C=O) groups excluding carboxylic acids is 1. The Kier molecular flexibility index (Phi) is 7.29. The lowest BCUT2D eigenvalue weighted by molar-refractivity contribution is 0.0601. The first kappa shape index (κ1) is 27.5. The van der Waals surface area contributed by atoms with Gasteiger partial charge in [-0.3, -0.25) is 4.90 Å². The predicted molar refractivity (Wildman–Crippen MR) is 155 cm³/mol. The molecule has 3 aliphatic rings. The second-order valence-corrected chi connectivity index (χ2v) is 11.6. The first-order valence-electron chi connectivity index (χ1n) is 14.7. The van der Waals surface area contributed by atoms with Crippen LogP contribution in [0.2, 0.25) is 0 Å². The summed E-state index contributed by atoms with van der Waals surface area (Å²) in [6.07, 6.45) is 2.22. The molecule has 4 heterocycles. The topological polar surface area (TPSA) is 102 Å².